The Kier molecular flexibility index (Phi) is 6.59. The topological polar surface area (TPSA) is 84.4 Å². The summed E-state index contributed by atoms with van der Waals surface area (Å²) in [6, 6.07) is 5.10. The van der Waals surface area contributed by atoms with E-state index in [1.807, 2.05) is 20.8 Å². The second-order valence-corrected chi connectivity index (χ2v) is 10.3. The molecule has 0 bridgehead atoms. The average molecular weight is 478 g/mol. The number of rotatable bonds is 6. The van der Waals surface area contributed by atoms with E-state index in [2.05, 4.69) is 31.2 Å². The fraction of sp³-hybridized carbons (Fsp3) is 0.412. The molecule has 1 aromatic heterocycles. The van der Waals surface area contributed by atoms with Gasteiger partial charge in [0.15, 0.2) is 0 Å². The van der Waals surface area contributed by atoms with Gasteiger partial charge in [0.2, 0.25) is 15.3 Å². The van der Waals surface area contributed by atoms with E-state index >= 15 is 0 Å². The molecule has 0 saturated carbocycles. The number of sulfonamides is 1. The van der Waals surface area contributed by atoms with E-state index < -0.39 is 10.0 Å². The summed E-state index contributed by atoms with van der Waals surface area (Å²) in [5, 5.41) is 3.18. The number of nitrogens with zero attached hydrogens (tertiary/aromatic N) is 3. The van der Waals surface area contributed by atoms with Crippen molar-refractivity contribution in [1.82, 2.24) is 9.97 Å². The van der Waals surface area contributed by atoms with Gasteiger partial charge in [-0.25, -0.2) is 13.4 Å². The Balaban J connectivity index is 2.50. The smallest absolute Gasteiger partial charge is 0.235 e. The summed E-state index contributed by atoms with van der Waals surface area (Å²) in [6.07, 6.45) is 1.51. The van der Waals surface area contributed by atoms with E-state index in [9.17, 15) is 8.42 Å². The normalized spacial score (nSPS) is 12.0. The molecule has 0 atom stereocenters. The van der Waals surface area contributed by atoms with Gasteiger partial charge in [-0.3, -0.25) is 4.31 Å². The van der Waals surface area contributed by atoms with Gasteiger partial charge >= 0.3 is 0 Å². The van der Waals surface area contributed by atoms with Crippen molar-refractivity contribution in [3.05, 3.63) is 34.2 Å². The third-order valence-electron chi connectivity index (χ3n) is 3.54. The quantitative estimate of drug-likeness (QED) is 0.619. The van der Waals surface area contributed by atoms with E-state index in [0.29, 0.717) is 27.4 Å². The van der Waals surface area contributed by atoms with Crippen LogP contribution in [-0.4, -0.2) is 38.3 Å². The number of benzene rings is 1. The Morgan fingerprint density at radius 2 is 2.00 bits per heavy atom. The summed E-state index contributed by atoms with van der Waals surface area (Å²) >= 11 is 9.22. The number of nitrogens with one attached hydrogen (secondary N) is 1. The molecular formula is C17H22BrClN4O3S. The van der Waals surface area contributed by atoms with Gasteiger partial charge < -0.3 is 10.1 Å². The lowest BCUT2D eigenvalue weighted by Gasteiger charge is -2.27. The lowest BCUT2D eigenvalue weighted by Crippen LogP contribution is -2.34. The zero-order chi connectivity index (χ0) is 20.4. The van der Waals surface area contributed by atoms with Crippen LogP contribution in [0.15, 0.2) is 28.9 Å². The van der Waals surface area contributed by atoms with Gasteiger partial charge in [-0.1, -0.05) is 20.8 Å². The molecule has 2 rings (SSSR count). The molecule has 0 saturated heterocycles. The van der Waals surface area contributed by atoms with Crippen LogP contribution in [0.5, 0.6) is 5.75 Å². The van der Waals surface area contributed by atoms with Crippen molar-refractivity contribution >= 4 is 54.7 Å². The second kappa shape index (κ2) is 8.20. The van der Waals surface area contributed by atoms with Crippen molar-refractivity contribution < 1.29 is 13.2 Å². The third kappa shape index (κ3) is 5.70. The fourth-order valence-corrected chi connectivity index (χ4v) is 4.52. The summed E-state index contributed by atoms with van der Waals surface area (Å²) in [5.74, 6) is 0.951. The molecule has 0 aliphatic carbocycles. The second-order valence-electron chi connectivity index (χ2n) is 7.13. The maximum absolute atomic E-state index is 12.9. The van der Waals surface area contributed by atoms with Crippen molar-refractivity contribution in [1.29, 1.82) is 0 Å². The molecule has 0 unspecified atom stereocenters. The Morgan fingerprint density at radius 1 is 1.33 bits per heavy atom. The Hall–Kier alpha value is -1.58. The minimum Gasteiger partial charge on any atom is -0.497 e. The molecule has 10 heteroatoms. The number of methoxy groups -OCH3 is 1. The van der Waals surface area contributed by atoms with E-state index in [0.717, 1.165) is 0 Å². The number of ether oxygens (including phenoxy) is 1. The van der Waals surface area contributed by atoms with Gasteiger partial charge in [0, 0.05) is 19.3 Å². The lowest BCUT2D eigenvalue weighted by atomic mass is 10.0. The first-order valence-electron chi connectivity index (χ1n) is 8.03. The Bertz CT molecular complexity index is 932. The van der Waals surface area contributed by atoms with Crippen molar-refractivity contribution in [2.75, 3.05) is 29.5 Å². The molecule has 0 aliphatic heterocycles. The van der Waals surface area contributed by atoms with Crippen molar-refractivity contribution in [3.8, 4) is 5.75 Å². The largest absolute Gasteiger partial charge is 0.497 e. The molecule has 0 fully saturated rings. The molecule has 27 heavy (non-hydrogen) atoms. The maximum atomic E-state index is 12.9. The molecule has 148 valence electrons. The van der Waals surface area contributed by atoms with Crippen LogP contribution < -0.4 is 14.4 Å². The van der Waals surface area contributed by atoms with Crippen LogP contribution in [0.1, 0.15) is 20.8 Å². The lowest BCUT2D eigenvalue weighted by molar-refractivity contribution is 0.415. The summed E-state index contributed by atoms with van der Waals surface area (Å²) < 4.78 is 32.8. The minimum atomic E-state index is -3.56. The van der Waals surface area contributed by atoms with Gasteiger partial charge in [-0.05, 0) is 45.1 Å². The van der Waals surface area contributed by atoms with Gasteiger partial charge in [0.1, 0.15) is 11.6 Å². The maximum Gasteiger partial charge on any atom is 0.235 e. The third-order valence-corrected chi connectivity index (χ3v) is 6.57. The van der Waals surface area contributed by atoms with Crippen molar-refractivity contribution in [3.63, 3.8) is 0 Å². The summed E-state index contributed by atoms with van der Waals surface area (Å²) in [4.78, 5) is 8.02. The van der Waals surface area contributed by atoms with Crippen LogP contribution in [0.3, 0.4) is 0 Å². The molecule has 1 N–H and O–H groups in total. The van der Waals surface area contributed by atoms with Crippen molar-refractivity contribution in [2.24, 2.45) is 5.41 Å². The average Bonchev–Trinajstić information content (AvgIpc) is 2.55. The molecule has 0 amide bonds. The van der Waals surface area contributed by atoms with E-state index in [-0.39, 0.29) is 16.5 Å². The molecule has 7 nitrogen and oxygen atoms in total. The fourth-order valence-electron chi connectivity index (χ4n) is 2.36. The summed E-state index contributed by atoms with van der Waals surface area (Å²) in [7, 11) is -0.521. The van der Waals surface area contributed by atoms with Crippen LogP contribution in [0.2, 0.25) is 5.28 Å². The molecule has 0 aliphatic rings. The van der Waals surface area contributed by atoms with Crippen LogP contribution in [0.25, 0.3) is 0 Å². The summed E-state index contributed by atoms with van der Waals surface area (Å²) in [5.41, 5.74) is 0.578. The van der Waals surface area contributed by atoms with Gasteiger partial charge in [0.05, 0.1) is 28.7 Å². The zero-order valence-corrected chi connectivity index (χ0v) is 18.9. The van der Waals surface area contributed by atoms with E-state index in [1.165, 1.54) is 24.7 Å². The van der Waals surface area contributed by atoms with E-state index in [4.69, 9.17) is 16.3 Å². The van der Waals surface area contributed by atoms with Crippen LogP contribution in [0, 0.1) is 5.41 Å². The highest BCUT2D eigenvalue weighted by molar-refractivity contribution is 9.10. The number of anilines is 3. The molecule has 1 heterocycles. The van der Waals surface area contributed by atoms with Crippen LogP contribution in [-0.2, 0) is 10.0 Å². The van der Waals surface area contributed by atoms with Gasteiger partial charge in [0.25, 0.3) is 0 Å². The number of halogens is 2. The Morgan fingerprint density at radius 3 is 2.59 bits per heavy atom. The molecule has 0 radical (unpaired) electrons. The number of hydrogen-bond acceptors (Lipinski definition) is 6. The highest BCUT2D eigenvalue weighted by Crippen LogP contribution is 2.35. The SMILES string of the molecule is COc1ccc(Nc2nc(Cl)ncc2Br)c(N(C)S(=O)(=O)CC(C)(C)C)c1. The van der Waals surface area contributed by atoms with Crippen LogP contribution in [0.4, 0.5) is 17.2 Å². The first kappa shape index (κ1) is 21.7. The molecular weight excluding hydrogens is 456 g/mol. The highest BCUT2D eigenvalue weighted by Gasteiger charge is 2.27. The number of hydrogen-bond donors (Lipinski definition) is 1. The molecule has 2 aromatic rings. The molecule has 1 aromatic carbocycles. The molecule has 0 spiro atoms. The highest BCUT2D eigenvalue weighted by atomic mass is 79.9. The minimum absolute atomic E-state index is 0.00379. The van der Waals surface area contributed by atoms with Crippen molar-refractivity contribution in [2.45, 2.75) is 20.8 Å². The van der Waals surface area contributed by atoms with Gasteiger partial charge in [-0.2, -0.15) is 4.98 Å². The van der Waals surface area contributed by atoms with E-state index in [1.54, 1.807) is 18.2 Å². The first-order chi connectivity index (χ1) is 12.4. The number of aromatic nitrogens is 2. The zero-order valence-electron chi connectivity index (χ0n) is 15.7. The van der Waals surface area contributed by atoms with Gasteiger partial charge in [-0.15, -0.1) is 0 Å². The summed E-state index contributed by atoms with van der Waals surface area (Å²) in [6.45, 7) is 5.63. The van der Waals surface area contributed by atoms with Crippen LogP contribution >= 0.6 is 27.5 Å². The predicted octanol–water partition coefficient (Wildman–Crippen LogP) is 4.46. The predicted molar refractivity (Wildman–Crippen MR) is 113 cm³/mol. The standard InChI is InChI=1S/C17H22BrClN4O3S/c1-17(2,3)10-27(24,25)23(4)14-8-11(26-5)6-7-13(14)21-15-12(18)9-20-16(19)22-15/h6-9H,10H2,1-5H3,(H,20,21,22). The Labute approximate surface area is 173 Å². The monoisotopic (exact) mass is 476 g/mol. The first-order valence-corrected chi connectivity index (χ1v) is 10.8.